The van der Waals surface area contributed by atoms with E-state index in [9.17, 15) is 14.4 Å². The van der Waals surface area contributed by atoms with Gasteiger partial charge in [0.05, 0.1) is 11.2 Å². The van der Waals surface area contributed by atoms with Gasteiger partial charge in [-0.15, -0.1) is 0 Å². The molecule has 2 saturated carbocycles. The molecule has 0 spiro atoms. The Labute approximate surface area is 209 Å². The summed E-state index contributed by atoms with van der Waals surface area (Å²) in [5, 5.41) is 10.2. The molecule has 6 nitrogen and oxygen atoms in total. The molecular weight excluding hydrogens is 465 g/mol. The number of fused-ring (bicyclic) bond motifs is 1. The van der Waals surface area contributed by atoms with Crippen molar-refractivity contribution in [1.82, 2.24) is 9.55 Å². The van der Waals surface area contributed by atoms with Crippen LogP contribution in [0.1, 0.15) is 44.1 Å². The molecule has 35 heavy (non-hydrogen) atoms. The number of nitriles is 1. The normalized spacial score (nSPS) is 20.0. The molecule has 8 heteroatoms. The van der Waals surface area contributed by atoms with Gasteiger partial charge in [-0.2, -0.15) is 5.26 Å². The van der Waals surface area contributed by atoms with Crippen LogP contribution in [0.4, 0.5) is 15.8 Å². The first kappa shape index (κ1) is 23.6. The van der Waals surface area contributed by atoms with Gasteiger partial charge in [-0.1, -0.05) is 11.6 Å². The number of hydrogen-bond acceptors (Lipinski definition) is 5. The molecule has 0 N–H and O–H groups in total. The van der Waals surface area contributed by atoms with Crippen LogP contribution in [-0.2, 0) is 7.05 Å². The smallest absolute Gasteiger partial charge is 0.270 e. The average molecular weight is 494 g/mol. The van der Waals surface area contributed by atoms with E-state index >= 15 is 0 Å². The van der Waals surface area contributed by atoms with E-state index in [4.69, 9.17) is 11.6 Å². The molecule has 2 aromatic heterocycles. The number of rotatable bonds is 6. The third kappa shape index (κ3) is 4.60. The number of hydrogen-bond donors (Lipinski definition) is 0. The van der Waals surface area contributed by atoms with Crippen molar-refractivity contribution in [2.75, 3.05) is 23.4 Å². The van der Waals surface area contributed by atoms with Crippen molar-refractivity contribution in [3.8, 4) is 6.07 Å². The molecule has 2 aliphatic rings. The summed E-state index contributed by atoms with van der Waals surface area (Å²) >= 11 is 6.21. The zero-order valence-electron chi connectivity index (χ0n) is 20.0. The van der Waals surface area contributed by atoms with Crippen molar-refractivity contribution in [3.05, 3.63) is 63.3 Å². The lowest BCUT2D eigenvalue weighted by Gasteiger charge is -2.41. The topological polar surface area (TPSA) is 65.2 Å². The highest BCUT2D eigenvalue weighted by Crippen LogP contribution is 2.37. The molecule has 0 saturated heterocycles. The minimum atomic E-state index is -0.327. The van der Waals surface area contributed by atoms with Gasteiger partial charge in [0.15, 0.2) is 0 Å². The quantitative estimate of drug-likeness (QED) is 0.438. The Balaban J connectivity index is 1.41. The third-order valence-corrected chi connectivity index (χ3v) is 7.82. The Bertz CT molecular complexity index is 1340. The van der Waals surface area contributed by atoms with Gasteiger partial charge in [0.25, 0.3) is 5.56 Å². The Morgan fingerprint density at radius 2 is 1.74 bits per heavy atom. The fourth-order valence-corrected chi connectivity index (χ4v) is 5.58. The second-order valence-electron chi connectivity index (χ2n) is 9.85. The van der Waals surface area contributed by atoms with Gasteiger partial charge < -0.3 is 14.4 Å². The van der Waals surface area contributed by atoms with Crippen molar-refractivity contribution in [3.63, 3.8) is 0 Å². The van der Waals surface area contributed by atoms with E-state index in [0.29, 0.717) is 27.9 Å². The van der Waals surface area contributed by atoms with Crippen molar-refractivity contribution in [1.29, 1.82) is 5.26 Å². The van der Waals surface area contributed by atoms with Crippen LogP contribution < -0.4 is 15.4 Å². The van der Waals surface area contributed by atoms with Crippen LogP contribution in [0, 0.1) is 23.1 Å². The van der Waals surface area contributed by atoms with Gasteiger partial charge in [0.1, 0.15) is 28.1 Å². The van der Waals surface area contributed by atoms with E-state index in [2.05, 4.69) is 20.9 Å². The van der Waals surface area contributed by atoms with Crippen molar-refractivity contribution in [2.45, 2.75) is 50.6 Å². The van der Waals surface area contributed by atoms with Gasteiger partial charge in [-0.3, -0.25) is 4.79 Å². The predicted molar refractivity (Wildman–Crippen MR) is 138 cm³/mol. The molecule has 2 heterocycles. The second-order valence-corrected chi connectivity index (χ2v) is 10.2. The summed E-state index contributed by atoms with van der Waals surface area (Å²) in [5.41, 5.74) is 2.64. The van der Waals surface area contributed by atoms with Crippen LogP contribution in [0.3, 0.4) is 0 Å². The molecule has 0 amide bonds. The highest BCUT2D eigenvalue weighted by Gasteiger charge is 2.33. The highest BCUT2D eigenvalue weighted by atomic mass is 35.5. The largest absolute Gasteiger partial charge is 0.369 e. The summed E-state index contributed by atoms with van der Waals surface area (Å²) in [5.74, 6) is 0.509. The summed E-state index contributed by atoms with van der Waals surface area (Å²) in [4.78, 5) is 22.0. The fourth-order valence-electron chi connectivity index (χ4n) is 5.43. The number of halogens is 2. The fraction of sp³-hybridized carbons (Fsp3) is 0.444. The van der Waals surface area contributed by atoms with Crippen LogP contribution in [0.2, 0.25) is 5.15 Å². The summed E-state index contributed by atoms with van der Waals surface area (Å²) in [6.45, 7) is 1.01. The molecule has 1 aromatic carbocycles. The molecule has 2 fully saturated rings. The summed E-state index contributed by atoms with van der Waals surface area (Å²) < 4.78 is 15.0. The lowest BCUT2D eigenvalue weighted by Crippen LogP contribution is -2.44. The number of pyridine rings is 2. The lowest BCUT2D eigenvalue weighted by molar-refractivity contribution is 0.365. The molecule has 0 atom stereocenters. The number of nitrogens with zero attached hydrogens (tertiary/aromatic N) is 5. The summed E-state index contributed by atoms with van der Waals surface area (Å²) in [6, 6.07) is 13.0. The van der Waals surface area contributed by atoms with Crippen LogP contribution in [0.25, 0.3) is 11.0 Å². The first-order valence-electron chi connectivity index (χ1n) is 12.2. The molecule has 5 rings (SSSR count). The molecule has 0 bridgehead atoms. The molecule has 0 radical (unpaired) electrons. The SMILES string of the molecule is CN(c1c(C#N)c(=O)n(C)c2ccc(Cl)nc12)C1CCC(N(CC2CC2)c2ccc(F)cc2)CC1. The van der Waals surface area contributed by atoms with Gasteiger partial charge in [0, 0.05) is 38.4 Å². The van der Waals surface area contributed by atoms with E-state index in [1.165, 1.54) is 29.5 Å². The van der Waals surface area contributed by atoms with Crippen molar-refractivity contribution in [2.24, 2.45) is 13.0 Å². The zero-order valence-corrected chi connectivity index (χ0v) is 20.8. The van der Waals surface area contributed by atoms with E-state index in [1.54, 1.807) is 19.2 Å². The Morgan fingerprint density at radius 3 is 2.37 bits per heavy atom. The van der Waals surface area contributed by atoms with Crippen LogP contribution >= 0.6 is 11.6 Å². The minimum absolute atomic E-state index is 0.0982. The number of aryl methyl sites for hydroxylation is 1. The Morgan fingerprint density at radius 1 is 1.09 bits per heavy atom. The second kappa shape index (κ2) is 9.50. The van der Waals surface area contributed by atoms with Gasteiger partial charge in [-0.25, -0.2) is 9.37 Å². The molecule has 0 unspecified atom stereocenters. The van der Waals surface area contributed by atoms with E-state index in [0.717, 1.165) is 43.8 Å². The lowest BCUT2D eigenvalue weighted by atomic mass is 9.88. The number of aromatic nitrogens is 2. The van der Waals surface area contributed by atoms with E-state index in [1.807, 2.05) is 19.2 Å². The van der Waals surface area contributed by atoms with Crippen molar-refractivity contribution < 1.29 is 4.39 Å². The maximum absolute atomic E-state index is 13.5. The van der Waals surface area contributed by atoms with Gasteiger partial charge in [-0.05, 0) is 80.8 Å². The number of benzene rings is 1. The van der Waals surface area contributed by atoms with Crippen molar-refractivity contribution >= 4 is 34.0 Å². The van der Waals surface area contributed by atoms with Crippen LogP contribution in [-0.4, -0.2) is 35.2 Å². The minimum Gasteiger partial charge on any atom is -0.369 e. The van der Waals surface area contributed by atoms with Crippen LogP contribution in [0.5, 0.6) is 0 Å². The molecule has 182 valence electrons. The average Bonchev–Trinajstić information content (AvgIpc) is 3.69. The molecular formula is C27H29ClFN5O. The summed E-state index contributed by atoms with van der Waals surface area (Å²) in [7, 11) is 3.60. The van der Waals surface area contributed by atoms with E-state index in [-0.39, 0.29) is 23.0 Å². The first-order valence-corrected chi connectivity index (χ1v) is 12.6. The predicted octanol–water partition coefficient (Wildman–Crippen LogP) is 5.26. The molecule has 2 aliphatic carbocycles. The van der Waals surface area contributed by atoms with Crippen LogP contribution in [0.15, 0.2) is 41.2 Å². The molecule has 0 aliphatic heterocycles. The number of anilines is 2. The maximum atomic E-state index is 13.5. The van der Waals surface area contributed by atoms with E-state index < -0.39 is 0 Å². The zero-order chi connectivity index (χ0) is 24.7. The highest BCUT2D eigenvalue weighted by molar-refractivity contribution is 6.29. The molecule has 3 aromatic rings. The first-order chi connectivity index (χ1) is 16.9. The maximum Gasteiger partial charge on any atom is 0.270 e. The van der Waals surface area contributed by atoms with Gasteiger partial charge in [0.2, 0.25) is 0 Å². The Kier molecular flexibility index (Phi) is 6.41. The monoisotopic (exact) mass is 493 g/mol. The third-order valence-electron chi connectivity index (χ3n) is 7.61. The summed E-state index contributed by atoms with van der Waals surface area (Å²) in [6.07, 6.45) is 6.34. The standard InChI is InChI=1S/C27H29ClFN5O/c1-32(26-22(15-30)27(35)33(2)23-13-14-24(28)31-25(23)26)19-9-11-21(12-10-19)34(16-17-3-4-17)20-7-5-18(29)6-8-20/h5-8,13-14,17,19,21H,3-4,9-12,16H2,1-2H3. The Hall–Kier alpha value is -3.11. The van der Waals surface area contributed by atoms with Gasteiger partial charge >= 0.3 is 0 Å².